The van der Waals surface area contributed by atoms with Crippen molar-refractivity contribution in [2.75, 3.05) is 38.2 Å². The van der Waals surface area contributed by atoms with E-state index < -0.39 is 0 Å². The lowest BCUT2D eigenvalue weighted by molar-refractivity contribution is -0.116. The van der Waals surface area contributed by atoms with Crippen LogP contribution in [-0.4, -0.2) is 43.7 Å². The maximum Gasteiger partial charge on any atom is 0.226 e. The quantitative estimate of drug-likeness (QED) is 0.890. The molecule has 0 aliphatic carbocycles. The third-order valence-corrected chi connectivity index (χ3v) is 3.63. The molecule has 0 radical (unpaired) electrons. The van der Waals surface area contributed by atoms with Gasteiger partial charge in [0.2, 0.25) is 5.91 Å². The minimum absolute atomic E-state index is 0.0413. The molecule has 1 fully saturated rings. The number of carbonyl (C=O) groups is 1. The van der Waals surface area contributed by atoms with Gasteiger partial charge in [-0.05, 0) is 11.4 Å². The molecule has 5 nitrogen and oxygen atoms in total. The van der Waals surface area contributed by atoms with Crippen LogP contribution in [0.5, 0.6) is 0 Å². The fourth-order valence-corrected chi connectivity index (χ4v) is 2.52. The molecule has 18 heavy (non-hydrogen) atoms. The van der Waals surface area contributed by atoms with Gasteiger partial charge in [-0.2, -0.15) is 5.26 Å². The highest BCUT2D eigenvalue weighted by molar-refractivity contribution is 7.14. The summed E-state index contributed by atoms with van der Waals surface area (Å²) in [4.78, 5) is 14.0. The van der Waals surface area contributed by atoms with Crippen LogP contribution < -0.4 is 5.32 Å². The van der Waals surface area contributed by atoms with E-state index in [0.29, 0.717) is 17.0 Å². The average Bonchev–Trinajstić information content (AvgIpc) is 2.85. The highest BCUT2D eigenvalue weighted by atomic mass is 32.1. The van der Waals surface area contributed by atoms with Gasteiger partial charge < -0.3 is 10.1 Å². The summed E-state index contributed by atoms with van der Waals surface area (Å²) in [6.07, 6.45) is 0.447. The molecular weight excluding hydrogens is 250 g/mol. The van der Waals surface area contributed by atoms with E-state index in [2.05, 4.69) is 16.3 Å². The number of hydrogen-bond acceptors (Lipinski definition) is 5. The van der Waals surface area contributed by atoms with Gasteiger partial charge in [-0.3, -0.25) is 9.69 Å². The Kier molecular flexibility index (Phi) is 4.70. The van der Waals surface area contributed by atoms with E-state index in [9.17, 15) is 4.79 Å². The van der Waals surface area contributed by atoms with Crippen molar-refractivity contribution in [2.45, 2.75) is 6.42 Å². The Hall–Kier alpha value is -1.42. The number of hydrogen-bond donors (Lipinski definition) is 1. The van der Waals surface area contributed by atoms with Gasteiger partial charge in [-0.25, -0.2) is 0 Å². The number of nitrogens with one attached hydrogen (secondary N) is 1. The summed E-state index contributed by atoms with van der Waals surface area (Å²) >= 11 is 1.38. The van der Waals surface area contributed by atoms with E-state index in [-0.39, 0.29) is 5.91 Å². The second-order valence-electron chi connectivity index (χ2n) is 4.03. The zero-order valence-corrected chi connectivity index (χ0v) is 10.8. The minimum Gasteiger partial charge on any atom is -0.379 e. The lowest BCUT2D eigenvalue weighted by Crippen LogP contribution is -2.38. The maximum absolute atomic E-state index is 11.7. The van der Waals surface area contributed by atoms with Crippen molar-refractivity contribution in [2.24, 2.45) is 0 Å². The molecule has 1 aromatic rings. The van der Waals surface area contributed by atoms with Gasteiger partial charge >= 0.3 is 0 Å². The second-order valence-corrected chi connectivity index (χ2v) is 4.94. The number of nitriles is 1. The van der Waals surface area contributed by atoms with Crippen LogP contribution >= 0.6 is 11.3 Å². The maximum atomic E-state index is 11.7. The van der Waals surface area contributed by atoms with E-state index in [0.717, 1.165) is 32.8 Å². The molecular formula is C12H15N3O2S. The summed E-state index contributed by atoms with van der Waals surface area (Å²) < 4.78 is 5.25. The summed E-state index contributed by atoms with van der Waals surface area (Å²) in [5.41, 5.74) is 0.528. The van der Waals surface area contributed by atoms with Gasteiger partial charge in [0.25, 0.3) is 0 Å². The zero-order chi connectivity index (χ0) is 12.8. The molecule has 0 aromatic carbocycles. The average molecular weight is 265 g/mol. The molecule has 0 atom stereocenters. The van der Waals surface area contributed by atoms with E-state index in [1.54, 1.807) is 11.4 Å². The molecule has 1 aliphatic heterocycles. The van der Waals surface area contributed by atoms with E-state index in [1.165, 1.54) is 11.3 Å². The van der Waals surface area contributed by atoms with Crippen LogP contribution in [0.25, 0.3) is 0 Å². The van der Waals surface area contributed by atoms with Crippen LogP contribution in [0.15, 0.2) is 11.4 Å². The summed E-state index contributed by atoms with van der Waals surface area (Å²) in [6, 6.07) is 3.77. The minimum atomic E-state index is -0.0413. The molecule has 2 rings (SSSR count). The molecule has 1 aromatic heterocycles. The van der Waals surface area contributed by atoms with Crippen molar-refractivity contribution >= 4 is 22.2 Å². The van der Waals surface area contributed by atoms with Gasteiger partial charge in [-0.1, -0.05) is 0 Å². The molecule has 96 valence electrons. The number of amides is 1. The molecule has 1 N–H and O–H groups in total. The lowest BCUT2D eigenvalue weighted by atomic mass is 10.3. The summed E-state index contributed by atoms with van der Waals surface area (Å²) in [5.74, 6) is -0.0413. The Morgan fingerprint density at radius 3 is 3.06 bits per heavy atom. The van der Waals surface area contributed by atoms with Crippen LogP contribution in [0.2, 0.25) is 0 Å². The summed E-state index contributed by atoms with van der Waals surface area (Å²) in [6.45, 7) is 3.99. The monoisotopic (exact) mass is 265 g/mol. The third-order valence-electron chi connectivity index (χ3n) is 2.80. The van der Waals surface area contributed by atoms with Crippen molar-refractivity contribution in [3.05, 3.63) is 17.0 Å². The molecule has 6 heteroatoms. The summed E-state index contributed by atoms with van der Waals surface area (Å²) in [7, 11) is 0. The number of nitrogens with zero attached hydrogens (tertiary/aromatic N) is 2. The van der Waals surface area contributed by atoms with Gasteiger partial charge in [0, 0.05) is 26.1 Å². The number of morpholine rings is 1. The number of anilines is 1. The molecule has 0 saturated carbocycles. The number of carbonyl (C=O) groups excluding carboxylic acids is 1. The molecule has 1 aliphatic rings. The topological polar surface area (TPSA) is 65.4 Å². The fourth-order valence-electron chi connectivity index (χ4n) is 1.77. The largest absolute Gasteiger partial charge is 0.379 e. The Morgan fingerprint density at radius 1 is 1.56 bits per heavy atom. The molecule has 1 amide bonds. The number of ether oxygens (including phenoxy) is 1. The first-order valence-electron chi connectivity index (χ1n) is 5.87. The van der Waals surface area contributed by atoms with Crippen molar-refractivity contribution < 1.29 is 9.53 Å². The van der Waals surface area contributed by atoms with Crippen LogP contribution in [0.4, 0.5) is 5.00 Å². The van der Waals surface area contributed by atoms with Crippen LogP contribution in [0.3, 0.4) is 0 Å². The molecule has 1 saturated heterocycles. The van der Waals surface area contributed by atoms with Crippen molar-refractivity contribution in [1.82, 2.24) is 4.90 Å². The Bertz CT molecular complexity index is 446. The molecule has 0 unspecified atom stereocenters. The zero-order valence-electron chi connectivity index (χ0n) is 10.0. The van der Waals surface area contributed by atoms with E-state index >= 15 is 0 Å². The third kappa shape index (κ3) is 3.53. The lowest BCUT2D eigenvalue weighted by Gasteiger charge is -2.26. The van der Waals surface area contributed by atoms with E-state index in [1.807, 2.05) is 0 Å². The Labute approximate surface area is 110 Å². The predicted octanol–water partition coefficient (Wildman–Crippen LogP) is 1.28. The first-order chi connectivity index (χ1) is 8.79. The Morgan fingerprint density at radius 2 is 2.33 bits per heavy atom. The van der Waals surface area contributed by atoms with Gasteiger partial charge in [0.15, 0.2) is 0 Å². The Balaban J connectivity index is 1.77. The SMILES string of the molecule is N#Cc1ccsc1NC(=O)CCN1CCOCC1. The number of thiophene rings is 1. The number of rotatable bonds is 4. The first kappa shape index (κ1) is 13.0. The molecule has 2 heterocycles. The molecule has 0 bridgehead atoms. The standard InChI is InChI=1S/C12H15N3O2S/c13-9-10-2-8-18-12(10)14-11(16)1-3-15-4-6-17-7-5-15/h2,8H,1,3-7H2,(H,14,16). The second kappa shape index (κ2) is 6.50. The van der Waals surface area contributed by atoms with Crippen LogP contribution in [-0.2, 0) is 9.53 Å². The predicted molar refractivity (Wildman–Crippen MR) is 69.5 cm³/mol. The molecule has 0 spiro atoms. The van der Waals surface area contributed by atoms with Crippen molar-refractivity contribution in [1.29, 1.82) is 5.26 Å². The smallest absolute Gasteiger partial charge is 0.226 e. The normalized spacial score (nSPS) is 16.2. The van der Waals surface area contributed by atoms with Crippen molar-refractivity contribution in [3.63, 3.8) is 0 Å². The van der Waals surface area contributed by atoms with Gasteiger partial charge in [0.1, 0.15) is 11.1 Å². The van der Waals surface area contributed by atoms with Crippen LogP contribution in [0, 0.1) is 11.3 Å². The summed E-state index contributed by atoms with van der Waals surface area (Å²) in [5, 5.41) is 14.1. The highest BCUT2D eigenvalue weighted by Gasteiger charge is 2.13. The highest BCUT2D eigenvalue weighted by Crippen LogP contribution is 2.22. The van der Waals surface area contributed by atoms with E-state index in [4.69, 9.17) is 10.00 Å². The van der Waals surface area contributed by atoms with Crippen LogP contribution in [0.1, 0.15) is 12.0 Å². The van der Waals surface area contributed by atoms with Gasteiger partial charge in [-0.15, -0.1) is 11.3 Å². The van der Waals surface area contributed by atoms with Crippen molar-refractivity contribution in [3.8, 4) is 6.07 Å². The first-order valence-corrected chi connectivity index (χ1v) is 6.75. The van der Waals surface area contributed by atoms with Gasteiger partial charge in [0.05, 0.1) is 18.8 Å². The fraction of sp³-hybridized carbons (Fsp3) is 0.500.